The maximum absolute atomic E-state index is 9.12. The first-order valence-electron chi connectivity index (χ1n) is 6.91. The molecule has 0 aromatic heterocycles. The van der Waals surface area contributed by atoms with Crippen LogP contribution < -0.4 is 5.32 Å². The first kappa shape index (κ1) is 14.7. The highest BCUT2D eigenvalue weighted by molar-refractivity contribution is 4.89. The number of nitrogens with zero attached hydrogens (tertiary/aromatic N) is 1. The summed E-state index contributed by atoms with van der Waals surface area (Å²) in [4.78, 5) is 2.33. The summed E-state index contributed by atoms with van der Waals surface area (Å²) in [6.07, 6.45) is 7.04. The number of nitrogens with one attached hydrogen (secondary N) is 1. The molecule has 2 N–H and O–H groups in total. The summed E-state index contributed by atoms with van der Waals surface area (Å²) in [5.74, 6) is 0. The van der Waals surface area contributed by atoms with Gasteiger partial charge in [0, 0.05) is 26.2 Å². The van der Waals surface area contributed by atoms with Crippen molar-refractivity contribution in [1.82, 2.24) is 10.2 Å². The van der Waals surface area contributed by atoms with Crippen molar-refractivity contribution < 1.29 is 5.11 Å². The normalized spacial score (nSPS) is 25.1. The summed E-state index contributed by atoms with van der Waals surface area (Å²) in [6.45, 7) is 11.3. The third-order valence-corrected chi connectivity index (χ3v) is 3.70. The van der Waals surface area contributed by atoms with Gasteiger partial charge in [-0.1, -0.05) is 19.4 Å². The van der Waals surface area contributed by atoms with Crippen molar-refractivity contribution in [2.75, 3.05) is 39.3 Å². The molecule has 0 amide bonds. The second kappa shape index (κ2) is 7.85. The lowest BCUT2D eigenvalue weighted by molar-refractivity contribution is 0.0994. The standard InChI is InChI=1S/C14H28N2O/c1-3-6-14(7-5-8-15-12-14)13-16(9-4-2)10-11-17/h4,15,17H,2-3,5-13H2,1H3. The molecule has 1 heterocycles. The number of hydrogen-bond acceptors (Lipinski definition) is 3. The maximum Gasteiger partial charge on any atom is 0.0558 e. The van der Waals surface area contributed by atoms with Gasteiger partial charge in [-0.25, -0.2) is 0 Å². The lowest BCUT2D eigenvalue weighted by Crippen LogP contribution is -2.48. The van der Waals surface area contributed by atoms with Crippen LogP contribution in [0.4, 0.5) is 0 Å². The van der Waals surface area contributed by atoms with Gasteiger partial charge in [-0.05, 0) is 31.2 Å². The molecule has 1 fully saturated rings. The van der Waals surface area contributed by atoms with E-state index < -0.39 is 0 Å². The molecule has 1 aliphatic heterocycles. The highest BCUT2D eigenvalue weighted by Gasteiger charge is 2.32. The molecular weight excluding hydrogens is 212 g/mol. The summed E-state index contributed by atoms with van der Waals surface area (Å²) in [5, 5.41) is 12.7. The van der Waals surface area contributed by atoms with Crippen LogP contribution in [0.2, 0.25) is 0 Å². The van der Waals surface area contributed by atoms with Gasteiger partial charge in [0.05, 0.1) is 6.61 Å². The Labute approximate surface area is 106 Å². The first-order chi connectivity index (χ1) is 8.26. The van der Waals surface area contributed by atoms with Gasteiger partial charge < -0.3 is 10.4 Å². The van der Waals surface area contributed by atoms with Crippen molar-refractivity contribution in [3.8, 4) is 0 Å². The minimum absolute atomic E-state index is 0.240. The van der Waals surface area contributed by atoms with Gasteiger partial charge in [-0.15, -0.1) is 6.58 Å². The number of hydrogen-bond donors (Lipinski definition) is 2. The topological polar surface area (TPSA) is 35.5 Å². The molecule has 3 nitrogen and oxygen atoms in total. The van der Waals surface area contributed by atoms with E-state index in [0.29, 0.717) is 5.41 Å². The zero-order chi connectivity index (χ0) is 12.6. The van der Waals surface area contributed by atoms with E-state index in [0.717, 1.165) is 32.7 Å². The van der Waals surface area contributed by atoms with Crippen LogP contribution in [0.3, 0.4) is 0 Å². The summed E-state index contributed by atoms with van der Waals surface area (Å²) in [7, 11) is 0. The van der Waals surface area contributed by atoms with Crippen LogP contribution in [0.25, 0.3) is 0 Å². The fourth-order valence-electron chi connectivity index (χ4n) is 3.02. The van der Waals surface area contributed by atoms with Crippen molar-refractivity contribution in [3.05, 3.63) is 12.7 Å². The van der Waals surface area contributed by atoms with Gasteiger partial charge in [0.25, 0.3) is 0 Å². The van der Waals surface area contributed by atoms with Crippen LogP contribution in [-0.2, 0) is 0 Å². The predicted molar refractivity (Wildman–Crippen MR) is 73.2 cm³/mol. The SMILES string of the molecule is C=CCN(CCO)CC1(CCC)CCCNC1. The molecular formula is C14H28N2O. The monoisotopic (exact) mass is 240 g/mol. The third kappa shape index (κ3) is 4.78. The van der Waals surface area contributed by atoms with Crippen LogP contribution in [0.5, 0.6) is 0 Å². The van der Waals surface area contributed by atoms with Crippen LogP contribution in [0, 0.1) is 5.41 Å². The first-order valence-corrected chi connectivity index (χ1v) is 6.91. The Morgan fingerprint density at radius 3 is 2.88 bits per heavy atom. The molecule has 0 radical (unpaired) electrons. The Morgan fingerprint density at radius 1 is 1.53 bits per heavy atom. The van der Waals surface area contributed by atoms with Crippen molar-refractivity contribution in [2.24, 2.45) is 5.41 Å². The Hall–Kier alpha value is -0.380. The van der Waals surface area contributed by atoms with E-state index in [2.05, 4.69) is 23.7 Å². The zero-order valence-corrected chi connectivity index (χ0v) is 11.2. The van der Waals surface area contributed by atoms with E-state index in [1.165, 1.54) is 25.7 Å². The fourth-order valence-corrected chi connectivity index (χ4v) is 3.02. The van der Waals surface area contributed by atoms with E-state index in [-0.39, 0.29) is 6.61 Å². The second-order valence-corrected chi connectivity index (χ2v) is 5.28. The summed E-state index contributed by atoms with van der Waals surface area (Å²) >= 11 is 0. The Kier molecular flexibility index (Phi) is 6.78. The zero-order valence-electron chi connectivity index (χ0n) is 11.2. The lowest BCUT2D eigenvalue weighted by atomic mass is 9.76. The highest BCUT2D eigenvalue weighted by Crippen LogP contribution is 2.32. The van der Waals surface area contributed by atoms with Crippen LogP contribution >= 0.6 is 0 Å². The van der Waals surface area contributed by atoms with Crippen molar-refractivity contribution in [2.45, 2.75) is 32.6 Å². The molecule has 0 saturated carbocycles. The number of rotatable bonds is 8. The third-order valence-electron chi connectivity index (χ3n) is 3.70. The average Bonchev–Trinajstić information content (AvgIpc) is 2.31. The Morgan fingerprint density at radius 2 is 2.35 bits per heavy atom. The molecule has 1 saturated heterocycles. The van der Waals surface area contributed by atoms with Gasteiger partial charge in [0.1, 0.15) is 0 Å². The van der Waals surface area contributed by atoms with E-state index in [1.807, 2.05) is 6.08 Å². The minimum Gasteiger partial charge on any atom is -0.395 e. The van der Waals surface area contributed by atoms with Crippen molar-refractivity contribution in [3.63, 3.8) is 0 Å². The molecule has 1 atom stereocenters. The lowest BCUT2D eigenvalue weighted by Gasteiger charge is -2.41. The van der Waals surface area contributed by atoms with Gasteiger partial charge in [0.15, 0.2) is 0 Å². The molecule has 0 aromatic carbocycles. The van der Waals surface area contributed by atoms with Crippen LogP contribution in [-0.4, -0.2) is 49.3 Å². The summed E-state index contributed by atoms with van der Waals surface area (Å²) in [6, 6.07) is 0. The van der Waals surface area contributed by atoms with Crippen molar-refractivity contribution >= 4 is 0 Å². The Bertz CT molecular complexity index is 207. The van der Waals surface area contributed by atoms with E-state index in [1.54, 1.807) is 0 Å². The number of piperidine rings is 1. The molecule has 1 unspecified atom stereocenters. The van der Waals surface area contributed by atoms with E-state index in [4.69, 9.17) is 5.11 Å². The average molecular weight is 240 g/mol. The van der Waals surface area contributed by atoms with Gasteiger partial charge in [0.2, 0.25) is 0 Å². The number of aliphatic hydroxyl groups excluding tert-OH is 1. The molecule has 100 valence electrons. The molecule has 1 rings (SSSR count). The minimum atomic E-state index is 0.240. The van der Waals surface area contributed by atoms with Crippen molar-refractivity contribution in [1.29, 1.82) is 0 Å². The predicted octanol–water partition coefficient (Wildman–Crippen LogP) is 1.64. The quantitative estimate of drug-likeness (QED) is 0.633. The number of aliphatic hydroxyl groups is 1. The Balaban J connectivity index is 2.58. The molecule has 0 spiro atoms. The van der Waals surface area contributed by atoms with Gasteiger partial charge in [-0.2, -0.15) is 0 Å². The molecule has 0 aromatic rings. The summed E-state index contributed by atoms with van der Waals surface area (Å²) < 4.78 is 0. The smallest absolute Gasteiger partial charge is 0.0558 e. The molecule has 0 aliphatic carbocycles. The molecule has 0 bridgehead atoms. The highest BCUT2D eigenvalue weighted by atomic mass is 16.3. The largest absolute Gasteiger partial charge is 0.395 e. The van der Waals surface area contributed by atoms with Crippen LogP contribution in [0.1, 0.15) is 32.6 Å². The van der Waals surface area contributed by atoms with Crippen LogP contribution in [0.15, 0.2) is 12.7 Å². The molecule has 1 aliphatic rings. The van der Waals surface area contributed by atoms with Gasteiger partial charge >= 0.3 is 0 Å². The van der Waals surface area contributed by atoms with E-state index in [9.17, 15) is 0 Å². The summed E-state index contributed by atoms with van der Waals surface area (Å²) in [5.41, 5.74) is 0.408. The molecule has 3 heteroatoms. The maximum atomic E-state index is 9.12. The molecule has 17 heavy (non-hydrogen) atoms. The second-order valence-electron chi connectivity index (χ2n) is 5.28. The fraction of sp³-hybridized carbons (Fsp3) is 0.857. The van der Waals surface area contributed by atoms with E-state index >= 15 is 0 Å². The van der Waals surface area contributed by atoms with Gasteiger partial charge in [-0.3, -0.25) is 4.90 Å².